The maximum absolute atomic E-state index is 11.9. The number of carbonyl (C=O) groups is 1. The number of aromatic amines is 1. The Hall–Kier alpha value is -2.08. The minimum Gasteiger partial charge on any atom is -0.353 e. The van der Waals surface area contributed by atoms with Gasteiger partial charge in [0, 0.05) is 6.04 Å². The molecule has 0 aliphatic carbocycles. The number of thioether (sulfide) groups is 1. The highest BCUT2D eigenvalue weighted by Crippen LogP contribution is 2.19. The molecule has 0 radical (unpaired) electrons. The molecule has 1 aromatic heterocycles. The summed E-state index contributed by atoms with van der Waals surface area (Å²) in [6, 6.07) is 10.1. The molecular weight excluding hydrogens is 296 g/mol. The summed E-state index contributed by atoms with van der Waals surface area (Å²) in [5, 5.41) is 10.2. The molecule has 1 unspecified atom stereocenters. The van der Waals surface area contributed by atoms with Gasteiger partial charge in [-0.05, 0) is 32.4 Å². The van der Waals surface area contributed by atoms with Crippen molar-refractivity contribution >= 4 is 29.8 Å². The Kier molecular flexibility index (Phi) is 5.77. The molecule has 0 fully saturated rings. The van der Waals surface area contributed by atoms with E-state index in [1.54, 1.807) is 0 Å². The largest absolute Gasteiger partial charge is 0.353 e. The molecule has 0 saturated heterocycles. The van der Waals surface area contributed by atoms with Crippen LogP contribution in [0.4, 0.5) is 0 Å². The predicted molar refractivity (Wildman–Crippen MR) is 90.4 cm³/mol. The summed E-state index contributed by atoms with van der Waals surface area (Å²) in [7, 11) is 0. The van der Waals surface area contributed by atoms with Crippen molar-refractivity contribution in [1.82, 2.24) is 20.5 Å². The van der Waals surface area contributed by atoms with E-state index in [9.17, 15) is 4.79 Å². The van der Waals surface area contributed by atoms with Crippen molar-refractivity contribution in [3.8, 4) is 0 Å². The average molecular weight is 316 g/mol. The summed E-state index contributed by atoms with van der Waals surface area (Å²) >= 11 is 1.34. The zero-order valence-corrected chi connectivity index (χ0v) is 13.7. The maximum atomic E-state index is 11.9. The van der Waals surface area contributed by atoms with Gasteiger partial charge in [0.1, 0.15) is 5.82 Å². The molecule has 22 heavy (non-hydrogen) atoms. The van der Waals surface area contributed by atoms with E-state index in [0.717, 1.165) is 5.56 Å². The summed E-state index contributed by atoms with van der Waals surface area (Å²) in [6.45, 7) is 5.72. The molecule has 0 aliphatic heterocycles. The summed E-state index contributed by atoms with van der Waals surface area (Å²) in [5.41, 5.74) is 1.10. The summed E-state index contributed by atoms with van der Waals surface area (Å²) in [4.78, 5) is 16.2. The third-order valence-electron chi connectivity index (χ3n) is 2.80. The Morgan fingerprint density at radius 1 is 1.23 bits per heavy atom. The number of H-pyrrole nitrogens is 1. The van der Waals surface area contributed by atoms with Gasteiger partial charge in [0.15, 0.2) is 0 Å². The third kappa shape index (κ3) is 5.04. The number of nitrogens with one attached hydrogen (secondary N) is 2. The van der Waals surface area contributed by atoms with Gasteiger partial charge in [-0.1, -0.05) is 48.2 Å². The van der Waals surface area contributed by atoms with E-state index in [0.29, 0.717) is 11.0 Å². The van der Waals surface area contributed by atoms with Crippen LogP contribution < -0.4 is 5.32 Å². The predicted octanol–water partition coefficient (Wildman–Crippen LogP) is 2.98. The lowest BCUT2D eigenvalue weighted by Crippen LogP contribution is -2.35. The minimum atomic E-state index is -0.232. The molecule has 1 amide bonds. The van der Waals surface area contributed by atoms with Gasteiger partial charge in [-0.25, -0.2) is 4.98 Å². The first kappa shape index (κ1) is 16.3. The highest BCUT2D eigenvalue weighted by Gasteiger charge is 2.17. The van der Waals surface area contributed by atoms with Crippen LogP contribution in [0, 0.1) is 0 Å². The van der Waals surface area contributed by atoms with Gasteiger partial charge < -0.3 is 5.32 Å². The van der Waals surface area contributed by atoms with E-state index >= 15 is 0 Å². The van der Waals surface area contributed by atoms with Gasteiger partial charge in [0.25, 0.3) is 0 Å². The van der Waals surface area contributed by atoms with E-state index < -0.39 is 0 Å². The Labute approximate surface area is 134 Å². The van der Waals surface area contributed by atoms with Crippen LogP contribution in [0.3, 0.4) is 0 Å². The van der Waals surface area contributed by atoms with Crippen molar-refractivity contribution in [2.24, 2.45) is 0 Å². The number of benzene rings is 1. The molecule has 0 spiro atoms. The second-order valence-electron chi connectivity index (χ2n) is 5.17. The van der Waals surface area contributed by atoms with Gasteiger partial charge in [0.05, 0.1) is 5.25 Å². The molecule has 0 bridgehead atoms. The highest BCUT2D eigenvalue weighted by molar-refractivity contribution is 8.00. The van der Waals surface area contributed by atoms with E-state index in [1.807, 2.05) is 63.3 Å². The van der Waals surface area contributed by atoms with Crippen molar-refractivity contribution in [2.45, 2.75) is 37.2 Å². The van der Waals surface area contributed by atoms with E-state index in [4.69, 9.17) is 0 Å². The number of carbonyl (C=O) groups excluding carboxylic acids is 1. The summed E-state index contributed by atoms with van der Waals surface area (Å²) < 4.78 is 0. The molecule has 2 aromatic rings. The van der Waals surface area contributed by atoms with E-state index in [1.165, 1.54) is 11.8 Å². The van der Waals surface area contributed by atoms with Crippen LogP contribution in [0.1, 0.15) is 32.2 Å². The smallest absolute Gasteiger partial charge is 0.233 e. The lowest BCUT2D eigenvalue weighted by Gasteiger charge is -2.12. The first-order valence-corrected chi connectivity index (χ1v) is 8.05. The van der Waals surface area contributed by atoms with Crippen molar-refractivity contribution in [3.05, 3.63) is 41.7 Å². The number of hydrogen-bond donors (Lipinski definition) is 2. The number of nitrogens with zero attached hydrogens (tertiary/aromatic N) is 2. The molecule has 2 N–H and O–H groups in total. The third-order valence-corrected chi connectivity index (χ3v) is 3.76. The van der Waals surface area contributed by atoms with Crippen LogP contribution in [-0.4, -0.2) is 32.4 Å². The molecular formula is C16H20N4OS. The topological polar surface area (TPSA) is 70.7 Å². The van der Waals surface area contributed by atoms with Gasteiger partial charge in [-0.2, -0.15) is 0 Å². The van der Waals surface area contributed by atoms with Crippen LogP contribution in [0.2, 0.25) is 0 Å². The van der Waals surface area contributed by atoms with Gasteiger partial charge in [-0.3, -0.25) is 9.89 Å². The SMILES string of the molecule is CC(C)NC(=O)C(C)Sc1n[nH]c(/C=C/c2ccccc2)n1. The lowest BCUT2D eigenvalue weighted by atomic mass is 10.2. The van der Waals surface area contributed by atoms with Crippen LogP contribution in [0.5, 0.6) is 0 Å². The Morgan fingerprint density at radius 3 is 2.64 bits per heavy atom. The molecule has 1 atom stereocenters. The van der Waals surface area contributed by atoms with Crippen molar-refractivity contribution in [2.75, 3.05) is 0 Å². The van der Waals surface area contributed by atoms with Crippen LogP contribution in [0.15, 0.2) is 35.5 Å². The molecule has 5 nitrogen and oxygen atoms in total. The molecule has 2 rings (SSSR count). The standard InChI is InChI=1S/C16H20N4OS/c1-11(2)17-15(21)12(3)22-16-18-14(19-20-16)10-9-13-7-5-4-6-8-13/h4-12H,1-3H3,(H,17,21)(H,18,19,20)/b10-9+. The normalized spacial score (nSPS) is 12.7. The van der Waals surface area contributed by atoms with Gasteiger partial charge >= 0.3 is 0 Å². The number of amides is 1. The summed E-state index contributed by atoms with van der Waals surface area (Å²) in [5.74, 6) is 0.661. The van der Waals surface area contributed by atoms with Crippen LogP contribution in [-0.2, 0) is 4.79 Å². The Morgan fingerprint density at radius 2 is 1.95 bits per heavy atom. The maximum Gasteiger partial charge on any atom is 0.233 e. The van der Waals surface area contributed by atoms with Crippen molar-refractivity contribution in [1.29, 1.82) is 0 Å². The number of rotatable bonds is 6. The van der Waals surface area contributed by atoms with Crippen LogP contribution >= 0.6 is 11.8 Å². The average Bonchev–Trinajstić information content (AvgIpc) is 2.93. The quantitative estimate of drug-likeness (QED) is 0.804. The monoisotopic (exact) mass is 316 g/mol. The van der Waals surface area contributed by atoms with Gasteiger partial charge in [0.2, 0.25) is 11.1 Å². The Balaban J connectivity index is 1.94. The second-order valence-corrected chi connectivity index (χ2v) is 6.48. The molecule has 1 heterocycles. The molecule has 1 aromatic carbocycles. The lowest BCUT2D eigenvalue weighted by molar-refractivity contribution is -0.120. The number of aromatic nitrogens is 3. The first-order chi connectivity index (χ1) is 10.5. The number of hydrogen-bond acceptors (Lipinski definition) is 4. The fraction of sp³-hybridized carbons (Fsp3) is 0.312. The van der Waals surface area contributed by atoms with Crippen LogP contribution in [0.25, 0.3) is 12.2 Å². The Bertz CT molecular complexity index is 637. The fourth-order valence-corrected chi connectivity index (χ4v) is 2.48. The van der Waals surface area contributed by atoms with E-state index in [-0.39, 0.29) is 17.2 Å². The summed E-state index contributed by atoms with van der Waals surface area (Å²) in [6.07, 6.45) is 3.83. The van der Waals surface area contributed by atoms with Crippen molar-refractivity contribution < 1.29 is 4.79 Å². The molecule has 0 saturated carbocycles. The zero-order valence-electron chi connectivity index (χ0n) is 12.9. The second kappa shape index (κ2) is 7.79. The highest BCUT2D eigenvalue weighted by atomic mass is 32.2. The zero-order chi connectivity index (χ0) is 15.9. The minimum absolute atomic E-state index is 0.00817. The van der Waals surface area contributed by atoms with E-state index in [2.05, 4.69) is 20.5 Å². The molecule has 6 heteroatoms. The fourth-order valence-electron chi connectivity index (χ4n) is 1.74. The first-order valence-electron chi connectivity index (χ1n) is 7.17. The van der Waals surface area contributed by atoms with Crippen molar-refractivity contribution in [3.63, 3.8) is 0 Å². The molecule has 0 aliphatic rings. The molecule has 116 valence electrons. The van der Waals surface area contributed by atoms with Gasteiger partial charge in [-0.15, -0.1) is 5.10 Å².